The van der Waals surface area contributed by atoms with E-state index in [1.165, 1.54) is 6.07 Å². The van der Waals surface area contributed by atoms with E-state index < -0.39 is 30.4 Å². The van der Waals surface area contributed by atoms with Crippen LogP contribution in [0.2, 0.25) is 5.02 Å². The summed E-state index contributed by atoms with van der Waals surface area (Å²) in [7, 11) is 0. The Bertz CT molecular complexity index is 552. The number of primary amides is 1. The van der Waals surface area contributed by atoms with Gasteiger partial charge in [-0.25, -0.2) is 9.59 Å². The Balaban J connectivity index is 2.70. The van der Waals surface area contributed by atoms with Crippen molar-refractivity contribution in [3.05, 3.63) is 27.7 Å². The van der Waals surface area contributed by atoms with Gasteiger partial charge in [-0.1, -0.05) is 27.5 Å². The van der Waals surface area contributed by atoms with E-state index in [1.54, 1.807) is 12.1 Å². The molecular formula is C11H11BrClN3O4. The fourth-order valence-electron chi connectivity index (χ4n) is 1.31. The van der Waals surface area contributed by atoms with Gasteiger partial charge in [-0.05, 0) is 18.2 Å². The van der Waals surface area contributed by atoms with Crippen molar-refractivity contribution in [2.75, 3.05) is 5.32 Å². The summed E-state index contributed by atoms with van der Waals surface area (Å²) in [4.78, 5) is 33.2. The number of aliphatic carboxylic acids is 1. The molecule has 0 radical (unpaired) electrons. The van der Waals surface area contributed by atoms with Gasteiger partial charge in [0.25, 0.3) is 0 Å². The Kier molecular flexibility index (Phi) is 5.78. The highest BCUT2D eigenvalue weighted by molar-refractivity contribution is 9.10. The van der Waals surface area contributed by atoms with E-state index in [2.05, 4.69) is 26.6 Å². The molecule has 0 spiro atoms. The maximum atomic E-state index is 11.6. The van der Waals surface area contributed by atoms with Gasteiger partial charge in [0.2, 0.25) is 5.91 Å². The molecule has 0 aliphatic carbocycles. The maximum absolute atomic E-state index is 11.6. The predicted octanol–water partition coefficient (Wildman–Crippen LogP) is 1.55. The fourth-order valence-corrected chi connectivity index (χ4v) is 2.03. The molecule has 7 nitrogen and oxygen atoms in total. The largest absolute Gasteiger partial charge is 0.480 e. The molecule has 0 aromatic heterocycles. The van der Waals surface area contributed by atoms with Crippen LogP contribution >= 0.6 is 27.5 Å². The maximum Gasteiger partial charge on any atom is 0.326 e. The van der Waals surface area contributed by atoms with Gasteiger partial charge in [0.05, 0.1) is 17.1 Å². The number of carbonyl (C=O) groups excluding carboxylic acids is 2. The monoisotopic (exact) mass is 363 g/mol. The molecule has 9 heteroatoms. The molecule has 0 bridgehead atoms. The van der Waals surface area contributed by atoms with Crippen LogP contribution in [0, 0.1) is 0 Å². The summed E-state index contributed by atoms with van der Waals surface area (Å²) in [5, 5.41) is 13.6. The van der Waals surface area contributed by atoms with Gasteiger partial charge < -0.3 is 21.5 Å². The number of amides is 3. The third-order valence-corrected chi connectivity index (χ3v) is 2.99. The Morgan fingerprint density at radius 2 is 2.05 bits per heavy atom. The van der Waals surface area contributed by atoms with Gasteiger partial charge in [0.15, 0.2) is 0 Å². The van der Waals surface area contributed by atoms with Crippen molar-refractivity contribution < 1.29 is 19.5 Å². The van der Waals surface area contributed by atoms with Gasteiger partial charge in [0.1, 0.15) is 6.04 Å². The lowest BCUT2D eigenvalue weighted by Gasteiger charge is -2.14. The highest BCUT2D eigenvalue weighted by atomic mass is 79.9. The topological polar surface area (TPSA) is 122 Å². The average Bonchev–Trinajstić information content (AvgIpc) is 2.31. The first-order valence-corrected chi connectivity index (χ1v) is 6.50. The molecule has 0 saturated carbocycles. The van der Waals surface area contributed by atoms with Crippen LogP contribution in [0.3, 0.4) is 0 Å². The van der Waals surface area contributed by atoms with Crippen molar-refractivity contribution in [2.45, 2.75) is 12.5 Å². The van der Waals surface area contributed by atoms with Crippen molar-refractivity contribution in [2.24, 2.45) is 5.73 Å². The van der Waals surface area contributed by atoms with Crippen molar-refractivity contribution >= 4 is 51.1 Å². The van der Waals surface area contributed by atoms with Crippen LogP contribution in [-0.2, 0) is 9.59 Å². The summed E-state index contributed by atoms with van der Waals surface area (Å²) in [5.74, 6) is -2.19. The third-order valence-electron chi connectivity index (χ3n) is 2.19. The minimum Gasteiger partial charge on any atom is -0.480 e. The lowest BCUT2D eigenvalue weighted by atomic mass is 10.2. The standard InChI is InChI=1S/C11H11BrClN3O4/c12-5-1-2-7(6(13)3-5)15-11(20)16-8(10(18)19)4-9(14)17/h1-3,8H,4H2,(H2,14,17)(H,18,19)(H2,15,16,20)/t8-/m0/s1. The van der Waals surface area contributed by atoms with Gasteiger partial charge in [-0.2, -0.15) is 0 Å². The minimum absolute atomic E-state index is 0.274. The summed E-state index contributed by atoms with van der Waals surface area (Å²) in [6.45, 7) is 0. The number of urea groups is 1. The van der Waals surface area contributed by atoms with Crippen LogP contribution in [-0.4, -0.2) is 29.1 Å². The van der Waals surface area contributed by atoms with Gasteiger partial charge in [0, 0.05) is 4.47 Å². The quantitative estimate of drug-likeness (QED) is 0.633. The smallest absolute Gasteiger partial charge is 0.326 e. The Morgan fingerprint density at radius 3 is 2.55 bits per heavy atom. The number of rotatable bonds is 5. The molecule has 0 aliphatic heterocycles. The van der Waals surface area contributed by atoms with Crippen LogP contribution in [0.1, 0.15) is 6.42 Å². The van der Waals surface area contributed by atoms with Crippen molar-refractivity contribution in [1.82, 2.24) is 5.32 Å². The number of carboxylic acid groups (broad SMARTS) is 1. The summed E-state index contributed by atoms with van der Waals surface area (Å²) >= 11 is 9.10. The summed E-state index contributed by atoms with van der Waals surface area (Å²) < 4.78 is 0.727. The SMILES string of the molecule is NC(=O)C[C@H](NC(=O)Nc1ccc(Br)cc1Cl)C(=O)O. The summed E-state index contributed by atoms with van der Waals surface area (Å²) in [5.41, 5.74) is 5.20. The molecule has 0 aliphatic rings. The first-order valence-electron chi connectivity index (χ1n) is 5.33. The second kappa shape index (κ2) is 7.11. The molecule has 3 amide bonds. The molecule has 1 rings (SSSR count). The van der Waals surface area contributed by atoms with E-state index >= 15 is 0 Å². The Labute approximate surface area is 127 Å². The molecule has 0 fully saturated rings. The molecule has 1 atom stereocenters. The molecule has 20 heavy (non-hydrogen) atoms. The normalized spacial score (nSPS) is 11.5. The Hall–Kier alpha value is -1.80. The lowest BCUT2D eigenvalue weighted by molar-refractivity contribution is -0.140. The number of carbonyl (C=O) groups is 3. The average molecular weight is 365 g/mol. The number of halogens is 2. The van der Waals surface area contributed by atoms with Crippen LogP contribution in [0.15, 0.2) is 22.7 Å². The van der Waals surface area contributed by atoms with Crippen molar-refractivity contribution in [3.8, 4) is 0 Å². The van der Waals surface area contributed by atoms with E-state index in [9.17, 15) is 14.4 Å². The molecule has 5 N–H and O–H groups in total. The highest BCUT2D eigenvalue weighted by Crippen LogP contribution is 2.25. The molecule has 0 unspecified atom stereocenters. The number of anilines is 1. The first kappa shape index (κ1) is 16.3. The van der Waals surface area contributed by atoms with Crippen LogP contribution < -0.4 is 16.4 Å². The van der Waals surface area contributed by atoms with Gasteiger partial charge in [-0.3, -0.25) is 4.79 Å². The molecule has 0 saturated heterocycles. The lowest BCUT2D eigenvalue weighted by Crippen LogP contribution is -2.45. The molecule has 1 aromatic carbocycles. The number of nitrogens with two attached hydrogens (primary N) is 1. The molecule has 108 valence electrons. The number of hydrogen-bond donors (Lipinski definition) is 4. The van der Waals surface area contributed by atoms with Crippen molar-refractivity contribution in [1.29, 1.82) is 0 Å². The second-order valence-corrected chi connectivity index (χ2v) is 5.11. The number of benzene rings is 1. The first-order chi connectivity index (χ1) is 9.29. The predicted molar refractivity (Wildman–Crippen MR) is 76.5 cm³/mol. The molecular weight excluding hydrogens is 353 g/mol. The van der Waals surface area contributed by atoms with E-state index in [4.69, 9.17) is 22.4 Å². The molecule has 1 aromatic rings. The van der Waals surface area contributed by atoms with E-state index in [0.717, 1.165) is 4.47 Å². The highest BCUT2D eigenvalue weighted by Gasteiger charge is 2.22. The van der Waals surface area contributed by atoms with Crippen LogP contribution in [0.25, 0.3) is 0 Å². The fraction of sp³-hybridized carbons (Fsp3) is 0.182. The Morgan fingerprint density at radius 1 is 1.40 bits per heavy atom. The van der Waals surface area contributed by atoms with E-state index in [1.807, 2.05) is 0 Å². The van der Waals surface area contributed by atoms with Crippen molar-refractivity contribution in [3.63, 3.8) is 0 Å². The zero-order valence-electron chi connectivity index (χ0n) is 10.0. The minimum atomic E-state index is -1.40. The summed E-state index contributed by atoms with van der Waals surface area (Å²) in [6, 6.07) is 2.55. The second-order valence-electron chi connectivity index (χ2n) is 3.78. The van der Waals surface area contributed by atoms with Gasteiger partial charge in [-0.15, -0.1) is 0 Å². The van der Waals surface area contributed by atoms with E-state index in [0.29, 0.717) is 5.69 Å². The van der Waals surface area contributed by atoms with E-state index in [-0.39, 0.29) is 5.02 Å². The number of nitrogens with one attached hydrogen (secondary N) is 2. The third kappa shape index (κ3) is 5.06. The number of carboxylic acids is 1. The zero-order chi connectivity index (χ0) is 15.3. The molecule has 0 heterocycles. The summed E-state index contributed by atoms with van der Waals surface area (Å²) in [6.07, 6.45) is -0.503. The van der Waals surface area contributed by atoms with Crippen LogP contribution in [0.4, 0.5) is 10.5 Å². The van der Waals surface area contributed by atoms with Crippen LogP contribution in [0.5, 0.6) is 0 Å². The van der Waals surface area contributed by atoms with Gasteiger partial charge >= 0.3 is 12.0 Å². The number of hydrogen-bond acceptors (Lipinski definition) is 3. The zero-order valence-corrected chi connectivity index (χ0v) is 12.4.